The van der Waals surface area contributed by atoms with Crippen LogP contribution in [0.5, 0.6) is 0 Å². The van der Waals surface area contributed by atoms with E-state index in [1.165, 1.54) is 0 Å². The maximum Gasteiger partial charge on any atom is 2.00 e. The van der Waals surface area contributed by atoms with Crippen LogP contribution in [-0.4, -0.2) is 11.6 Å². The van der Waals surface area contributed by atoms with Gasteiger partial charge >= 0.3 is 21.1 Å². The molecule has 0 aromatic carbocycles. The second kappa shape index (κ2) is 4.89. The van der Waals surface area contributed by atoms with Gasteiger partial charge in [0.1, 0.15) is 0 Å². The van der Waals surface area contributed by atoms with Crippen LogP contribution in [0.2, 0.25) is 0 Å². The molecule has 1 unspecified atom stereocenters. The molecule has 0 fully saturated rings. The van der Waals surface area contributed by atoms with Crippen molar-refractivity contribution in [3.8, 4) is 0 Å². The number of allylic oxidation sites excluding steroid dienone is 3. The third kappa shape index (κ3) is 1.95. The summed E-state index contributed by atoms with van der Waals surface area (Å²) in [6.45, 7) is 3.72. The second-order valence-corrected chi connectivity index (χ2v) is 3.60. The number of fused-ring (bicyclic) bond motifs is 1. The van der Waals surface area contributed by atoms with Crippen LogP contribution in [0.3, 0.4) is 0 Å². The summed E-state index contributed by atoms with van der Waals surface area (Å²) in [6.07, 6.45) is 6.86. The minimum atomic E-state index is -0.284. The number of hydrazine groups is 1. The van der Waals surface area contributed by atoms with Gasteiger partial charge in [0.2, 0.25) is 0 Å². The Hall–Kier alpha value is -0.992. The number of nitrogens with one attached hydrogen (secondary N) is 1. The van der Waals surface area contributed by atoms with Gasteiger partial charge in [-0.2, -0.15) is 0 Å². The molecule has 1 amide bonds. The van der Waals surface area contributed by atoms with Gasteiger partial charge in [-0.25, -0.2) is 24.1 Å². The number of nitrogens with zero attached hydrogens (tertiary/aromatic N) is 1. The molecule has 2 rings (SSSR count). The Bertz CT molecular complexity index is 446. The molecule has 2 aliphatic rings. The van der Waals surface area contributed by atoms with Crippen molar-refractivity contribution in [2.24, 2.45) is 16.8 Å². The maximum absolute atomic E-state index is 11.5. The zero-order valence-corrected chi connectivity index (χ0v) is 12.0. The van der Waals surface area contributed by atoms with Crippen molar-refractivity contribution < 1.29 is 25.9 Å². The van der Waals surface area contributed by atoms with Crippen molar-refractivity contribution in [1.29, 1.82) is 0 Å². The van der Waals surface area contributed by atoms with Crippen LogP contribution in [0.4, 0.5) is 0 Å². The van der Waals surface area contributed by atoms with Crippen molar-refractivity contribution in [2.75, 3.05) is 0 Å². The summed E-state index contributed by atoms with van der Waals surface area (Å²) >= 11 is 0. The number of aliphatic imine (C=N–C) groups is 1. The van der Waals surface area contributed by atoms with Gasteiger partial charge in [0.25, 0.3) is 5.91 Å². The second-order valence-electron chi connectivity index (χ2n) is 3.60. The number of dihydropyridines is 1. The van der Waals surface area contributed by atoms with E-state index < -0.39 is 0 Å². The predicted molar refractivity (Wildman–Crippen MR) is 57.5 cm³/mol. The molecule has 0 aromatic heterocycles. The van der Waals surface area contributed by atoms with Crippen LogP contribution in [0.1, 0.15) is 13.8 Å². The fraction of sp³-hybridized carbons (Fsp3) is 0.273. The Kier molecular flexibility index (Phi) is 4.00. The predicted octanol–water partition coefficient (Wildman–Crippen LogP) is 0.638. The van der Waals surface area contributed by atoms with Crippen molar-refractivity contribution >= 4 is 11.6 Å². The van der Waals surface area contributed by atoms with Gasteiger partial charge in [-0.15, -0.1) is 0 Å². The van der Waals surface area contributed by atoms with Crippen LogP contribution < -0.4 is 11.3 Å². The van der Waals surface area contributed by atoms with Gasteiger partial charge in [-0.05, 0) is 19.8 Å². The quantitative estimate of drug-likeness (QED) is 0.301. The number of rotatable bonds is 1. The molecule has 82 valence electrons. The van der Waals surface area contributed by atoms with E-state index in [9.17, 15) is 4.79 Å². The largest absolute Gasteiger partial charge is 2.00 e. The molecule has 0 aromatic rings. The van der Waals surface area contributed by atoms with E-state index in [2.05, 4.69) is 16.5 Å². The van der Waals surface area contributed by atoms with Gasteiger partial charge < -0.3 is 0 Å². The third-order valence-corrected chi connectivity index (χ3v) is 2.68. The summed E-state index contributed by atoms with van der Waals surface area (Å²) in [4.78, 5) is 15.9. The molecule has 0 bridgehead atoms. The molecule has 0 saturated carbocycles. The minimum Gasteiger partial charge on any atom is -0.290 e. The normalized spacial score (nSPS) is 22.1. The molecule has 1 atom stereocenters. The van der Waals surface area contributed by atoms with Crippen molar-refractivity contribution in [1.82, 2.24) is 5.43 Å². The molecule has 16 heavy (non-hydrogen) atoms. The zero-order chi connectivity index (χ0) is 11.0. The Labute approximate surface area is 109 Å². The molecule has 1 heterocycles. The van der Waals surface area contributed by atoms with Crippen molar-refractivity contribution in [3.63, 3.8) is 0 Å². The molecule has 4 nitrogen and oxygen atoms in total. The van der Waals surface area contributed by atoms with Crippen LogP contribution in [-0.2, 0) is 25.9 Å². The summed E-state index contributed by atoms with van der Waals surface area (Å²) in [5, 5.41) is 0. The molecule has 5 heteroatoms. The van der Waals surface area contributed by atoms with Gasteiger partial charge in [0.05, 0.1) is 5.57 Å². The van der Waals surface area contributed by atoms with E-state index in [0.717, 1.165) is 11.3 Å². The van der Waals surface area contributed by atoms with Crippen molar-refractivity contribution in [3.05, 3.63) is 35.1 Å². The zero-order valence-electron chi connectivity index (χ0n) is 9.07. The van der Waals surface area contributed by atoms with E-state index in [1.807, 2.05) is 19.1 Å². The van der Waals surface area contributed by atoms with Gasteiger partial charge in [-0.3, -0.25) is 15.2 Å². The topological polar surface area (TPSA) is 67.5 Å². The average molecular weight is 386 g/mol. The standard InChI is InChI=1S/C11H12N3O.W/c1-6-8-4-3-5-9(8)13-7(2)10(6)11(15)14-12;/h3-4,8H,12H2,1-2H3,(H,14,15);/q-1;+2. The van der Waals surface area contributed by atoms with Crippen LogP contribution in [0, 0.1) is 12.0 Å². The average Bonchev–Trinajstić information content (AvgIpc) is 2.65. The smallest absolute Gasteiger partial charge is 0.290 e. The Balaban J connectivity index is 0.00000128. The maximum atomic E-state index is 11.5. The number of carbonyl (C=O) groups excluding carboxylic acids is 1. The number of carbonyl (C=O) groups is 1. The molecule has 1 aliphatic heterocycles. The number of hydrogen-bond donors (Lipinski definition) is 2. The molecular weight excluding hydrogens is 374 g/mol. The summed E-state index contributed by atoms with van der Waals surface area (Å²) in [7, 11) is 0. The van der Waals surface area contributed by atoms with Crippen LogP contribution in [0.25, 0.3) is 0 Å². The van der Waals surface area contributed by atoms with Gasteiger partial charge in [-0.1, -0.05) is 11.3 Å². The van der Waals surface area contributed by atoms with Crippen LogP contribution >= 0.6 is 0 Å². The first-order valence-corrected chi connectivity index (χ1v) is 4.72. The Morgan fingerprint density at radius 2 is 2.25 bits per heavy atom. The minimum absolute atomic E-state index is 0. The molecule has 0 radical (unpaired) electrons. The number of hydrogen-bond acceptors (Lipinski definition) is 3. The van der Waals surface area contributed by atoms with E-state index in [4.69, 9.17) is 5.84 Å². The van der Waals surface area contributed by atoms with E-state index in [1.54, 1.807) is 6.92 Å². The first-order chi connectivity index (χ1) is 7.15. The summed E-state index contributed by atoms with van der Waals surface area (Å²) < 4.78 is 0. The Morgan fingerprint density at radius 3 is 2.88 bits per heavy atom. The summed E-state index contributed by atoms with van der Waals surface area (Å²) in [5.41, 5.74) is 5.27. The van der Waals surface area contributed by atoms with Gasteiger partial charge in [0.15, 0.2) is 0 Å². The summed E-state index contributed by atoms with van der Waals surface area (Å²) in [5.74, 6) is 4.94. The molecule has 0 saturated heterocycles. The SMILES string of the molecule is CC1=NC2=[C-]C=CC2C(C)=C1C(=O)NN.[W+2]. The number of nitrogens with two attached hydrogens (primary N) is 1. The fourth-order valence-corrected chi connectivity index (χ4v) is 1.95. The van der Waals surface area contributed by atoms with E-state index in [0.29, 0.717) is 11.3 Å². The monoisotopic (exact) mass is 386 g/mol. The van der Waals surface area contributed by atoms with E-state index in [-0.39, 0.29) is 32.9 Å². The molecular formula is C11H12N3OW+. The van der Waals surface area contributed by atoms with Gasteiger partial charge in [0, 0.05) is 5.71 Å². The fourth-order valence-electron chi connectivity index (χ4n) is 1.95. The Morgan fingerprint density at radius 1 is 1.56 bits per heavy atom. The van der Waals surface area contributed by atoms with E-state index >= 15 is 0 Å². The molecule has 3 N–H and O–H groups in total. The first-order valence-electron chi connectivity index (χ1n) is 4.72. The third-order valence-electron chi connectivity index (χ3n) is 2.68. The van der Waals surface area contributed by atoms with Crippen molar-refractivity contribution in [2.45, 2.75) is 13.8 Å². The number of amides is 1. The first kappa shape index (κ1) is 13.1. The molecule has 1 aliphatic carbocycles. The molecule has 0 spiro atoms. The van der Waals surface area contributed by atoms with Crippen LogP contribution in [0.15, 0.2) is 34.0 Å². The summed E-state index contributed by atoms with van der Waals surface area (Å²) in [6, 6.07) is 0.